The Bertz CT molecular complexity index is 571. The molecule has 3 heteroatoms. The van der Waals surface area contributed by atoms with Gasteiger partial charge in [0, 0.05) is 5.92 Å². The fourth-order valence-corrected chi connectivity index (χ4v) is 4.29. The molecule has 0 saturated heterocycles. The van der Waals surface area contributed by atoms with Gasteiger partial charge in [-0.2, -0.15) is 0 Å². The molecule has 21 heavy (non-hydrogen) atoms. The minimum atomic E-state index is 0.292. The number of methoxy groups -OCH3 is 1. The SMILES string of the molecule is COc1ccc(/C=C2\CCC(C3CCCC3)C2=O)cc1Br. The van der Waals surface area contributed by atoms with Crippen LogP contribution in [0.15, 0.2) is 28.2 Å². The molecular formula is C18H21BrO2. The molecule has 0 aliphatic heterocycles. The number of carbonyl (C=O) groups excluding carboxylic acids is 1. The van der Waals surface area contributed by atoms with E-state index in [1.807, 2.05) is 18.2 Å². The number of carbonyl (C=O) groups is 1. The van der Waals surface area contributed by atoms with E-state index in [4.69, 9.17) is 4.74 Å². The van der Waals surface area contributed by atoms with Crippen molar-refractivity contribution in [2.45, 2.75) is 38.5 Å². The lowest BCUT2D eigenvalue weighted by atomic mass is 9.88. The zero-order chi connectivity index (χ0) is 14.8. The van der Waals surface area contributed by atoms with Crippen LogP contribution in [0.5, 0.6) is 5.75 Å². The summed E-state index contributed by atoms with van der Waals surface area (Å²) in [5.41, 5.74) is 2.07. The molecule has 2 aliphatic carbocycles. The van der Waals surface area contributed by atoms with Crippen molar-refractivity contribution < 1.29 is 9.53 Å². The van der Waals surface area contributed by atoms with E-state index in [-0.39, 0.29) is 0 Å². The predicted octanol–water partition coefficient (Wildman–Crippen LogP) is 5.01. The Hall–Kier alpha value is -1.09. The van der Waals surface area contributed by atoms with Crippen LogP contribution >= 0.6 is 15.9 Å². The van der Waals surface area contributed by atoms with Crippen molar-refractivity contribution in [2.24, 2.45) is 11.8 Å². The summed E-state index contributed by atoms with van der Waals surface area (Å²) in [5, 5.41) is 0. The highest BCUT2D eigenvalue weighted by atomic mass is 79.9. The third kappa shape index (κ3) is 3.08. The molecule has 0 amide bonds. The summed E-state index contributed by atoms with van der Waals surface area (Å²) in [6, 6.07) is 5.96. The van der Waals surface area contributed by atoms with Crippen LogP contribution < -0.4 is 4.74 Å². The standard InChI is InChI=1S/C18H21BrO2/c1-21-17-9-6-12(11-16(17)19)10-14-7-8-15(18(14)20)13-4-2-3-5-13/h6,9-11,13,15H,2-5,7-8H2,1H3/b14-10+. The molecule has 0 N–H and O–H groups in total. The molecule has 2 fully saturated rings. The van der Waals surface area contributed by atoms with Crippen LogP contribution in [0, 0.1) is 11.8 Å². The van der Waals surface area contributed by atoms with Crippen LogP contribution in [0.4, 0.5) is 0 Å². The van der Waals surface area contributed by atoms with Gasteiger partial charge in [-0.15, -0.1) is 0 Å². The molecular weight excluding hydrogens is 328 g/mol. The van der Waals surface area contributed by atoms with Crippen molar-refractivity contribution in [1.29, 1.82) is 0 Å². The minimum Gasteiger partial charge on any atom is -0.496 e. The van der Waals surface area contributed by atoms with Gasteiger partial charge in [0.15, 0.2) is 5.78 Å². The Morgan fingerprint density at radius 3 is 2.67 bits per heavy atom. The van der Waals surface area contributed by atoms with Gasteiger partial charge in [0.05, 0.1) is 11.6 Å². The molecule has 2 saturated carbocycles. The van der Waals surface area contributed by atoms with E-state index in [2.05, 4.69) is 22.0 Å². The van der Waals surface area contributed by atoms with E-state index in [1.54, 1.807) is 7.11 Å². The van der Waals surface area contributed by atoms with Gasteiger partial charge in [0.1, 0.15) is 5.75 Å². The highest BCUT2D eigenvalue weighted by Gasteiger charge is 2.36. The maximum atomic E-state index is 12.6. The lowest BCUT2D eigenvalue weighted by molar-refractivity contribution is -0.119. The van der Waals surface area contributed by atoms with Crippen LogP contribution in [-0.2, 0) is 4.79 Å². The van der Waals surface area contributed by atoms with Gasteiger partial charge in [-0.05, 0) is 76.9 Å². The van der Waals surface area contributed by atoms with Crippen LogP contribution in [0.3, 0.4) is 0 Å². The van der Waals surface area contributed by atoms with Gasteiger partial charge < -0.3 is 4.74 Å². The molecule has 0 bridgehead atoms. The lowest BCUT2D eigenvalue weighted by Gasteiger charge is -2.15. The quantitative estimate of drug-likeness (QED) is 0.717. The van der Waals surface area contributed by atoms with E-state index in [0.717, 1.165) is 34.2 Å². The average Bonchev–Trinajstić information content (AvgIpc) is 3.10. The van der Waals surface area contributed by atoms with Crippen molar-refractivity contribution in [3.8, 4) is 5.75 Å². The maximum Gasteiger partial charge on any atom is 0.162 e. The minimum absolute atomic E-state index is 0.292. The second kappa shape index (κ2) is 6.35. The second-order valence-electron chi connectivity index (χ2n) is 6.12. The molecule has 1 atom stereocenters. The number of Topliss-reactive ketones (excluding diaryl/α,β-unsaturated/α-hetero) is 1. The number of halogens is 1. The van der Waals surface area contributed by atoms with E-state index in [9.17, 15) is 4.79 Å². The van der Waals surface area contributed by atoms with Crippen molar-refractivity contribution in [1.82, 2.24) is 0 Å². The maximum absolute atomic E-state index is 12.6. The molecule has 2 nitrogen and oxygen atoms in total. The van der Waals surface area contributed by atoms with E-state index in [1.165, 1.54) is 25.7 Å². The Morgan fingerprint density at radius 2 is 2.00 bits per heavy atom. The molecule has 0 radical (unpaired) electrons. The molecule has 1 aromatic rings. The Labute approximate surface area is 134 Å². The summed E-state index contributed by atoms with van der Waals surface area (Å²) in [4.78, 5) is 12.6. The average molecular weight is 349 g/mol. The molecule has 112 valence electrons. The first-order chi connectivity index (χ1) is 10.2. The molecule has 1 aromatic carbocycles. The highest BCUT2D eigenvalue weighted by molar-refractivity contribution is 9.10. The van der Waals surface area contributed by atoms with Crippen molar-refractivity contribution in [3.05, 3.63) is 33.8 Å². The first kappa shape index (κ1) is 14.8. The number of benzene rings is 1. The Morgan fingerprint density at radius 1 is 1.24 bits per heavy atom. The summed E-state index contributed by atoms with van der Waals surface area (Å²) in [6.45, 7) is 0. The van der Waals surface area contributed by atoms with Crippen molar-refractivity contribution >= 4 is 27.8 Å². The largest absolute Gasteiger partial charge is 0.496 e. The van der Waals surface area contributed by atoms with Crippen LogP contribution in [0.2, 0.25) is 0 Å². The summed E-state index contributed by atoms with van der Waals surface area (Å²) < 4.78 is 6.17. The van der Waals surface area contributed by atoms with Crippen LogP contribution in [0.25, 0.3) is 6.08 Å². The molecule has 3 rings (SSSR count). The van der Waals surface area contributed by atoms with E-state index >= 15 is 0 Å². The number of hydrogen-bond acceptors (Lipinski definition) is 2. The van der Waals surface area contributed by atoms with Crippen LogP contribution in [0.1, 0.15) is 44.1 Å². The van der Waals surface area contributed by atoms with Gasteiger partial charge in [-0.3, -0.25) is 4.79 Å². The number of ketones is 1. The van der Waals surface area contributed by atoms with Gasteiger partial charge >= 0.3 is 0 Å². The Balaban J connectivity index is 1.77. The smallest absolute Gasteiger partial charge is 0.162 e. The molecule has 0 heterocycles. The summed E-state index contributed by atoms with van der Waals surface area (Å²) in [6.07, 6.45) is 9.14. The molecule has 1 unspecified atom stereocenters. The fourth-order valence-electron chi connectivity index (χ4n) is 3.73. The summed E-state index contributed by atoms with van der Waals surface area (Å²) in [5.74, 6) is 2.15. The van der Waals surface area contributed by atoms with Crippen LogP contribution in [-0.4, -0.2) is 12.9 Å². The highest BCUT2D eigenvalue weighted by Crippen LogP contribution is 2.41. The number of rotatable bonds is 3. The van der Waals surface area contributed by atoms with Gasteiger partial charge in [-0.25, -0.2) is 0 Å². The topological polar surface area (TPSA) is 26.3 Å². The number of ether oxygens (including phenoxy) is 1. The molecule has 0 aromatic heterocycles. The fraction of sp³-hybridized carbons (Fsp3) is 0.500. The zero-order valence-electron chi connectivity index (χ0n) is 12.4. The Kier molecular flexibility index (Phi) is 4.48. The van der Waals surface area contributed by atoms with Gasteiger partial charge in [-0.1, -0.05) is 18.9 Å². The third-order valence-electron chi connectivity index (χ3n) is 4.86. The zero-order valence-corrected chi connectivity index (χ0v) is 14.0. The van der Waals surface area contributed by atoms with Gasteiger partial charge in [0.25, 0.3) is 0 Å². The number of hydrogen-bond donors (Lipinski definition) is 0. The monoisotopic (exact) mass is 348 g/mol. The predicted molar refractivity (Wildman–Crippen MR) is 88.4 cm³/mol. The number of allylic oxidation sites excluding steroid dienone is 1. The molecule has 2 aliphatic rings. The lowest BCUT2D eigenvalue weighted by Crippen LogP contribution is -2.16. The second-order valence-corrected chi connectivity index (χ2v) is 6.97. The summed E-state index contributed by atoms with van der Waals surface area (Å²) >= 11 is 3.50. The first-order valence-electron chi connectivity index (χ1n) is 7.77. The van der Waals surface area contributed by atoms with Crippen molar-refractivity contribution in [2.75, 3.05) is 7.11 Å². The summed E-state index contributed by atoms with van der Waals surface area (Å²) in [7, 11) is 1.66. The van der Waals surface area contributed by atoms with E-state index in [0.29, 0.717) is 17.6 Å². The first-order valence-corrected chi connectivity index (χ1v) is 8.56. The normalized spacial score (nSPS) is 25.0. The third-order valence-corrected chi connectivity index (χ3v) is 5.48. The van der Waals surface area contributed by atoms with E-state index < -0.39 is 0 Å². The van der Waals surface area contributed by atoms with Crippen molar-refractivity contribution in [3.63, 3.8) is 0 Å². The molecule has 0 spiro atoms. The van der Waals surface area contributed by atoms with Gasteiger partial charge in [0.2, 0.25) is 0 Å².